The molecule has 1 amide bonds. The van der Waals surface area contributed by atoms with Crippen molar-refractivity contribution in [3.05, 3.63) is 57.8 Å². The van der Waals surface area contributed by atoms with E-state index in [2.05, 4.69) is 0 Å². The van der Waals surface area contributed by atoms with Crippen LogP contribution >= 0.6 is 0 Å². The molecule has 6 heteroatoms. The maximum Gasteiger partial charge on any atom is 0.414 e. The number of benzene rings is 1. The van der Waals surface area contributed by atoms with Crippen LogP contribution in [0, 0.1) is 10.1 Å². The molecule has 0 saturated heterocycles. The third kappa shape index (κ3) is 3.81. The second-order valence-electron chi connectivity index (χ2n) is 4.87. The Morgan fingerprint density at radius 3 is 2.76 bits per heavy atom. The molecule has 0 fully saturated rings. The number of amides is 1. The van der Waals surface area contributed by atoms with Crippen LogP contribution in [0.2, 0.25) is 0 Å². The van der Waals surface area contributed by atoms with E-state index in [4.69, 9.17) is 4.74 Å². The van der Waals surface area contributed by atoms with Gasteiger partial charge in [0.1, 0.15) is 6.61 Å². The van der Waals surface area contributed by atoms with Crippen molar-refractivity contribution in [3.63, 3.8) is 0 Å². The van der Waals surface area contributed by atoms with Gasteiger partial charge in [-0.25, -0.2) is 4.79 Å². The Morgan fingerprint density at radius 2 is 2.14 bits per heavy atom. The van der Waals surface area contributed by atoms with Crippen molar-refractivity contribution in [2.45, 2.75) is 32.4 Å². The lowest BCUT2D eigenvalue weighted by Gasteiger charge is -2.28. The van der Waals surface area contributed by atoms with Crippen LogP contribution in [0.3, 0.4) is 0 Å². The van der Waals surface area contributed by atoms with E-state index in [-0.39, 0.29) is 18.1 Å². The zero-order valence-electron chi connectivity index (χ0n) is 11.9. The lowest BCUT2D eigenvalue weighted by Crippen LogP contribution is -2.42. The Bertz CT molecular complexity index is 542. The first-order valence-corrected chi connectivity index (χ1v) is 6.92. The minimum absolute atomic E-state index is 0.0697. The van der Waals surface area contributed by atoms with Crippen LogP contribution in [0.15, 0.2) is 42.1 Å². The monoisotopic (exact) mass is 290 g/mol. The largest absolute Gasteiger partial charge is 0.444 e. The van der Waals surface area contributed by atoms with E-state index in [9.17, 15) is 14.9 Å². The van der Waals surface area contributed by atoms with E-state index in [1.165, 1.54) is 4.90 Å². The molecular formula is C15H18N2O4. The Labute approximate surface area is 123 Å². The first kappa shape index (κ1) is 15.0. The number of allylic oxidation sites excluding steroid dienone is 1. The summed E-state index contributed by atoms with van der Waals surface area (Å²) in [5, 5.41) is 10.9. The normalized spacial score (nSPS) is 18.0. The van der Waals surface area contributed by atoms with Crippen molar-refractivity contribution < 1.29 is 14.5 Å². The molecule has 1 atom stereocenters. The molecule has 1 aromatic carbocycles. The maximum absolute atomic E-state index is 12.1. The number of rotatable bonds is 4. The van der Waals surface area contributed by atoms with Gasteiger partial charge >= 0.3 is 6.09 Å². The number of nitro groups is 1. The third-order valence-corrected chi connectivity index (χ3v) is 3.45. The minimum Gasteiger partial charge on any atom is -0.444 e. The summed E-state index contributed by atoms with van der Waals surface area (Å²) in [4.78, 5) is 24.1. The van der Waals surface area contributed by atoms with Crippen LogP contribution in [-0.2, 0) is 11.3 Å². The molecule has 0 aliphatic carbocycles. The molecule has 0 spiro atoms. The summed E-state index contributed by atoms with van der Waals surface area (Å²) >= 11 is 0. The zero-order valence-corrected chi connectivity index (χ0v) is 11.9. The highest BCUT2D eigenvalue weighted by Crippen LogP contribution is 2.21. The van der Waals surface area contributed by atoms with Crippen molar-refractivity contribution in [2.24, 2.45) is 0 Å². The molecule has 0 N–H and O–H groups in total. The van der Waals surface area contributed by atoms with Crippen molar-refractivity contribution in [2.75, 3.05) is 6.54 Å². The molecule has 112 valence electrons. The molecule has 0 radical (unpaired) electrons. The van der Waals surface area contributed by atoms with E-state index in [1.807, 2.05) is 37.3 Å². The predicted octanol–water partition coefficient (Wildman–Crippen LogP) is 2.97. The number of hydrogen-bond acceptors (Lipinski definition) is 4. The van der Waals surface area contributed by atoms with Gasteiger partial charge in [-0.15, -0.1) is 0 Å². The average Bonchev–Trinajstić information content (AvgIpc) is 2.52. The molecule has 1 unspecified atom stereocenters. The van der Waals surface area contributed by atoms with Gasteiger partial charge < -0.3 is 4.74 Å². The van der Waals surface area contributed by atoms with E-state index >= 15 is 0 Å². The molecule has 0 bridgehead atoms. The summed E-state index contributed by atoms with van der Waals surface area (Å²) in [5.41, 5.74) is 1.67. The summed E-state index contributed by atoms with van der Waals surface area (Å²) in [6.07, 6.45) is 2.23. The summed E-state index contributed by atoms with van der Waals surface area (Å²) < 4.78 is 5.25. The molecule has 1 aromatic rings. The van der Waals surface area contributed by atoms with Gasteiger partial charge in [0.05, 0.1) is 6.54 Å². The Hall–Kier alpha value is -2.37. The molecular weight excluding hydrogens is 272 g/mol. The topological polar surface area (TPSA) is 72.7 Å². The Morgan fingerprint density at radius 1 is 1.43 bits per heavy atom. The Balaban J connectivity index is 2.00. The zero-order chi connectivity index (χ0) is 15.2. The molecule has 1 aliphatic rings. The number of hydrogen-bond donors (Lipinski definition) is 0. The van der Waals surface area contributed by atoms with Crippen LogP contribution in [0.25, 0.3) is 0 Å². The second-order valence-corrected chi connectivity index (χ2v) is 4.87. The summed E-state index contributed by atoms with van der Waals surface area (Å²) in [6, 6.07) is 8.58. The maximum atomic E-state index is 12.1. The molecule has 1 aliphatic heterocycles. The summed E-state index contributed by atoms with van der Waals surface area (Å²) in [5.74, 6) is 0. The molecule has 21 heavy (non-hydrogen) atoms. The smallest absolute Gasteiger partial charge is 0.414 e. The minimum atomic E-state index is -0.760. The molecule has 0 aromatic heterocycles. The van der Waals surface area contributed by atoms with Gasteiger partial charge in [0, 0.05) is 17.0 Å². The van der Waals surface area contributed by atoms with Gasteiger partial charge in [-0.3, -0.25) is 15.0 Å². The lowest BCUT2D eigenvalue weighted by molar-refractivity contribution is -0.522. The van der Waals surface area contributed by atoms with Gasteiger partial charge in [0.25, 0.3) is 0 Å². The lowest BCUT2D eigenvalue weighted by atomic mass is 10.1. The van der Waals surface area contributed by atoms with E-state index in [1.54, 1.807) is 6.08 Å². The third-order valence-electron chi connectivity index (χ3n) is 3.45. The highest BCUT2D eigenvalue weighted by atomic mass is 16.6. The van der Waals surface area contributed by atoms with Crippen LogP contribution in [0.5, 0.6) is 0 Å². The number of carbonyl (C=O) groups is 1. The van der Waals surface area contributed by atoms with Crippen LogP contribution in [0.1, 0.15) is 25.3 Å². The van der Waals surface area contributed by atoms with Crippen molar-refractivity contribution >= 4 is 6.09 Å². The van der Waals surface area contributed by atoms with Crippen molar-refractivity contribution in [1.82, 2.24) is 4.90 Å². The van der Waals surface area contributed by atoms with Crippen LogP contribution in [0.4, 0.5) is 4.79 Å². The van der Waals surface area contributed by atoms with Crippen LogP contribution in [-0.4, -0.2) is 28.5 Å². The van der Waals surface area contributed by atoms with E-state index in [0.717, 1.165) is 11.3 Å². The van der Waals surface area contributed by atoms with Crippen molar-refractivity contribution in [3.8, 4) is 0 Å². The second kappa shape index (κ2) is 6.88. The van der Waals surface area contributed by atoms with Gasteiger partial charge in [0.2, 0.25) is 6.04 Å². The highest BCUT2D eigenvalue weighted by Gasteiger charge is 2.32. The van der Waals surface area contributed by atoms with Gasteiger partial charge in [-0.05, 0) is 12.0 Å². The number of carbonyl (C=O) groups excluding carboxylic acids is 1. The number of ether oxygens (including phenoxy) is 1. The Kier molecular flexibility index (Phi) is 4.92. The molecule has 0 saturated carbocycles. The van der Waals surface area contributed by atoms with Crippen LogP contribution < -0.4 is 0 Å². The van der Waals surface area contributed by atoms with Crippen molar-refractivity contribution in [1.29, 1.82) is 0 Å². The van der Waals surface area contributed by atoms with Gasteiger partial charge in [-0.1, -0.05) is 43.3 Å². The fourth-order valence-electron chi connectivity index (χ4n) is 2.26. The molecule has 2 rings (SSSR count). The fraction of sp³-hybridized carbons (Fsp3) is 0.400. The quantitative estimate of drug-likeness (QED) is 0.631. The fourth-order valence-corrected chi connectivity index (χ4v) is 2.26. The standard InChI is InChI=1S/C15H18N2O4/c1-2-13-8-9-14(17(19)20)10-16(13)15(18)21-11-12-6-4-3-5-7-12/h3-8,14H,2,9-11H2,1H3. The van der Waals surface area contributed by atoms with E-state index < -0.39 is 12.1 Å². The van der Waals surface area contributed by atoms with Gasteiger partial charge in [-0.2, -0.15) is 0 Å². The highest BCUT2D eigenvalue weighted by molar-refractivity contribution is 5.70. The number of nitrogens with zero attached hydrogens (tertiary/aromatic N) is 2. The summed E-state index contributed by atoms with van der Waals surface area (Å²) in [6.45, 7) is 2.15. The van der Waals surface area contributed by atoms with Gasteiger partial charge in [0.15, 0.2) is 0 Å². The molecule has 6 nitrogen and oxygen atoms in total. The first-order chi connectivity index (χ1) is 10.1. The average molecular weight is 290 g/mol. The first-order valence-electron chi connectivity index (χ1n) is 6.92. The predicted molar refractivity (Wildman–Crippen MR) is 77.1 cm³/mol. The summed E-state index contributed by atoms with van der Waals surface area (Å²) in [7, 11) is 0. The SMILES string of the molecule is CCC1=CCC([N+](=O)[O-])CN1C(=O)OCc1ccccc1. The van der Waals surface area contributed by atoms with E-state index in [0.29, 0.717) is 12.8 Å². The molecule has 1 heterocycles.